The molecule has 5 rings (SSSR count). The highest BCUT2D eigenvalue weighted by Gasteiger charge is 2.66. The SMILES string of the molecule is CCCN1C(=O)[C@@]2(/C(=C(\O)c3ccc4c(c3)OCCO4)C(=O)C(=O)N2CCCN(C)C)c2ccccc21. The molecular weight excluding hydrogens is 474 g/mol. The number of amides is 2. The second-order valence-corrected chi connectivity index (χ2v) is 9.71. The molecule has 0 radical (unpaired) electrons. The third kappa shape index (κ3) is 3.76. The molecule has 9 heteroatoms. The van der Waals surface area contributed by atoms with Gasteiger partial charge in [0.05, 0.1) is 11.3 Å². The summed E-state index contributed by atoms with van der Waals surface area (Å²) in [5, 5.41) is 11.6. The largest absolute Gasteiger partial charge is 0.507 e. The molecule has 0 bridgehead atoms. The number of hydrogen-bond donors (Lipinski definition) is 1. The Morgan fingerprint density at radius 1 is 1.03 bits per heavy atom. The Morgan fingerprint density at radius 3 is 2.49 bits per heavy atom. The summed E-state index contributed by atoms with van der Waals surface area (Å²) in [7, 11) is 3.84. The number of likely N-dealkylation sites (tertiary alicyclic amines) is 1. The lowest BCUT2D eigenvalue weighted by Crippen LogP contribution is -2.52. The van der Waals surface area contributed by atoms with Gasteiger partial charge >= 0.3 is 0 Å². The van der Waals surface area contributed by atoms with Crippen LogP contribution < -0.4 is 14.4 Å². The number of para-hydroxylation sites is 1. The van der Waals surface area contributed by atoms with E-state index in [2.05, 4.69) is 0 Å². The summed E-state index contributed by atoms with van der Waals surface area (Å²) in [4.78, 5) is 46.5. The molecule has 1 fully saturated rings. The number of Topliss-reactive ketones (excluding diaryl/α,β-unsaturated/α-hetero) is 1. The van der Waals surface area contributed by atoms with Crippen molar-refractivity contribution >= 4 is 29.0 Å². The minimum atomic E-state index is -1.75. The molecule has 37 heavy (non-hydrogen) atoms. The van der Waals surface area contributed by atoms with E-state index in [1.807, 2.05) is 38.1 Å². The third-order valence-electron chi connectivity index (χ3n) is 7.06. The molecule has 2 aromatic carbocycles. The quantitative estimate of drug-likeness (QED) is 0.351. The molecule has 194 valence electrons. The third-order valence-corrected chi connectivity index (χ3v) is 7.06. The van der Waals surface area contributed by atoms with Gasteiger partial charge in [0.15, 0.2) is 17.0 Å². The molecule has 2 amide bonds. The smallest absolute Gasteiger partial charge is 0.296 e. The summed E-state index contributed by atoms with van der Waals surface area (Å²) in [6, 6.07) is 12.0. The first-order chi connectivity index (χ1) is 17.8. The number of aliphatic hydroxyl groups is 1. The normalized spacial score (nSPS) is 21.9. The number of ketones is 1. The van der Waals surface area contributed by atoms with Crippen LogP contribution in [0.15, 0.2) is 48.0 Å². The zero-order chi connectivity index (χ0) is 26.3. The number of benzene rings is 2. The summed E-state index contributed by atoms with van der Waals surface area (Å²) in [5.74, 6) is -1.53. The van der Waals surface area contributed by atoms with Gasteiger partial charge in [0.1, 0.15) is 19.0 Å². The maximum absolute atomic E-state index is 14.3. The van der Waals surface area contributed by atoms with Gasteiger partial charge in [-0.25, -0.2) is 0 Å². The molecule has 3 heterocycles. The number of carbonyl (C=O) groups is 3. The molecule has 3 aliphatic rings. The molecule has 2 aromatic rings. The minimum absolute atomic E-state index is 0.181. The Kier molecular flexibility index (Phi) is 6.41. The first kappa shape index (κ1) is 24.8. The van der Waals surface area contributed by atoms with Crippen LogP contribution in [-0.2, 0) is 19.9 Å². The summed E-state index contributed by atoms with van der Waals surface area (Å²) < 4.78 is 11.2. The molecule has 1 saturated heterocycles. The van der Waals surface area contributed by atoms with Crippen LogP contribution in [0.3, 0.4) is 0 Å². The summed E-state index contributed by atoms with van der Waals surface area (Å²) in [6.07, 6.45) is 1.24. The van der Waals surface area contributed by atoms with Gasteiger partial charge < -0.3 is 29.3 Å². The number of rotatable bonds is 7. The number of hydrogen-bond acceptors (Lipinski definition) is 7. The van der Waals surface area contributed by atoms with E-state index in [0.29, 0.717) is 61.9 Å². The molecule has 3 aliphatic heterocycles. The molecular formula is C28H31N3O6. The van der Waals surface area contributed by atoms with Crippen LogP contribution in [-0.4, -0.2) is 79.4 Å². The van der Waals surface area contributed by atoms with Crippen LogP contribution in [0.25, 0.3) is 5.76 Å². The van der Waals surface area contributed by atoms with Crippen molar-refractivity contribution in [3.63, 3.8) is 0 Å². The number of fused-ring (bicyclic) bond motifs is 3. The fraction of sp³-hybridized carbons (Fsp3) is 0.393. The van der Waals surface area contributed by atoms with Crippen LogP contribution in [0.5, 0.6) is 11.5 Å². The van der Waals surface area contributed by atoms with Gasteiger partial charge in [-0.15, -0.1) is 0 Å². The van der Waals surface area contributed by atoms with Crippen molar-refractivity contribution in [1.82, 2.24) is 9.80 Å². The predicted octanol–water partition coefficient (Wildman–Crippen LogP) is 2.74. The molecule has 1 N–H and O–H groups in total. The lowest BCUT2D eigenvalue weighted by Gasteiger charge is -2.35. The number of aliphatic hydroxyl groups excluding tert-OH is 1. The second kappa shape index (κ2) is 9.55. The molecule has 0 unspecified atom stereocenters. The van der Waals surface area contributed by atoms with E-state index < -0.39 is 28.9 Å². The van der Waals surface area contributed by atoms with Crippen molar-refractivity contribution in [2.24, 2.45) is 0 Å². The molecule has 0 saturated carbocycles. The van der Waals surface area contributed by atoms with Gasteiger partial charge in [-0.05, 0) is 57.7 Å². The maximum atomic E-state index is 14.3. The van der Waals surface area contributed by atoms with Gasteiger partial charge in [0.2, 0.25) is 0 Å². The van der Waals surface area contributed by atoms with E-state index in [9.17, 15) is 19.5 Å². The standard InChI is InChI=1S/C28H31N3O6/c1-4-12-30-20-9-6-5-8-19(20)28(27(30)35)23(25(33)26(34)31(28)14-7-13-29(2)3)24(32)18-10-11-21-22(17-18)37-16-15-36-21/h5-6,8-11,17,32H,4,7,12-16H2,1-3H3/b24-23-/t28-/m0/s1. The zero-order valence-corrected chi connectivity index (χ0v) is 21.3. The minimum Gasteiger partial charge on any atom is -0.507 e. The Bertz CT molecular complexity index is 1300. The van der Waals surface area contributed by atoms with Crippen molar-refractivity contribution in [1.29, 1.82) is 0 Å². The molecule has 0 aromatic heterocycles. The van der Waals surface area contributed by atoms with Crippen molar-refractivity contribution in [2.45, 2.75) is 25.3 Å². The first-order valence-electron chi connectivity index (χ1n) is 12.6. The van der Waals surface area contributed by atoms with E-state index in [0.717, 1.165) is 0 Å². The monoisotopic (exact) mass is 505 g/mol. The van der Waals surface area contributed by atoms with E-state index in [4.69, 9.17) is 9.47 Å². The van der Waals surface area contributed by atoms with E-state index in [1.54, 1.807) is 35.2 Å². The highest BCUT2D eigenvalue weighted by Crippen LogP contribution is 2.53. The Labute approximate surface area is 215 Å². The first-order valence-corrected chi connectivity index (χ1v) is 12.6. The number of ether oxygens (including phenoxy) is 2. The van der Waals surface area contributed by atoms with Crippen LogP contribution in [0.4, 0.5) is 5.69 Å². The summed E-state index contributed by atoms with van der Waals surface area (Å²) >= 11 is 0. The lowest BCUT2D eigenvalue weighted by molar-refractivity contribution is -0.143. The highest BCUT2D eigenvalue weighted by molar-refractivity contribution is 6.50. The highest BCUT2D eigenvalue weighted by atomic mass is 16.6. The molecule has 9 nitrogen and oxygen atoms in total. The second-order valence-electron chi connectivity index (χ2n) is 9.71. The van der Waals surface area contributed by atoms with Gasteiger partial charge in [-0.3, -0.25) is 14.4 Å². The zero-order valence-electron chi connectivity index (χ0n) is 21.3. The molecule has 1 atom stereocenters. The number of carbonyl (C=O) groups excluding carboxylic acids is 3. The van der Waals surface area contributed by atoms with Crippen LogP contribution in [0.2, 0.25) is 0 Å². The maximum Gasteiger partial charge on any atom is 0.296 e. The van der Waals surface area contributed by atoms with Crippen molar-refractivity contribution < 1.29 is 29.0 Å². The van der Waals surface area contributed by atoms with Crippen LogP contribution in [0, 0.1) is 0 Å². The van der Waals surface area contributed by atoms with Crippen molar-refractivity contribution in [2.75, 3.05) is 51.8 Å². The number of anilines is 1. The summed E-state index contributed by atoms with van der Waals surface area (Å²) in [6.45, 7) is 3.99. The Hall–Kier alpha value is -3.85. The van der Waals surface area contributed by atoms with Crippen molar-refractivity contribution in [3.8, 4) is 11.5 Å². The fourth-order valence-corrected chi connectivity index (χ4v) is 5.49. The topological polar surface area (TPSA) is 99.6 Å². The van der Waals surface area contributed by atoms with Gasteiger partial charge in [-0.1, -0.05) is 25.1 Å². The van der Waals surface area contributed by atoms with Gasteiger partial charge in [-0.2, -0.15) is 0 Å². The van der Waals surface area contributed by atoms with E-state index >= 15 is 0 Å². The lowest BCUT2D eigenvalue weighted by atomic mass is 9.81. The van der Waals surface area contributed by atoms with Gasteiger partial charge in [0, 0.05) is 24.2 Å². The van der Waals surface area contributed by atoms with Crippen molar-refractivity contribution in [3.05, 3.63) is 59.2 Å². The summed E-state index contributed by atoms with van der Waals surface area (Å²) in [5.41, 5.74) is -0.522. The predicted molar refractivity (Wildman–Crippen MR) is 138 cm³/mol. The average molecular weight is 506 g/mol. The Balaban J connectivity index is 1.74. The Morgan fingerprint density at radius 2 is 1.76 bits per heavy atom. The molecule has 1 spiro atoms. The molecule has 0 aliphatic carbocycles. The van der Waals surface area contributed by atoms with Gasteiger partial charge in [0.25, 0.3) is 17.6 Å². The van der Waals surface area contributed by atoms with E-state index in [-0.39, 0.29) is 17.7 Å². The average Bonchev–Trinajstić information content (AvgIpc) is 3.27. The number of nitrogens with zero attached hydrogens (tertiary/aromatic N) is 3. The van der Waals surface area contributed by atoms with Crippen LogP contribution >= 0.6 is 0 Å². The van der Waals surface area contributed by atoms with Crippen LogP contribution in [0.1, 0.15) is 30.9 Å². The van der Waals surface area contributed by atoms with E-state index in [1.165, 1.54) is 4.90 Å². The fourth-order valence-electron chi connectivity index (χ4n) is 5.49.